The monoisotopic (exact) mass is 395 g/mol. The molecule has 3 aromatic carbocycles. The van der Waals surface area contributed by atoms with Crippen molar-refractivity contribution in [3.05, 3.63) is 89.7 Å². The van der Waals surface area contributed by atoms with Gasteiger partial charge in [0.2, 0.25) is 0 Å². The van der Waals surface area contributed by atoms with Crippen LogP contribution in [0.1, 0.15) is 15.9 Å². The fourth-order valence-electron chi connectivity index (χ4n) is 2.63. The van der Waals surface area contributed by atoms with E-state index in [-0.39, 0.29) is 18.3 Å². The molecule has 0 heterocycles. The van der Waals surface area contributed by atoms with Gasteiger partial charge in [-0.15, -0.1) is 0 Å². The minimum Gasteiger partial charge on any atom is -0.493 e. The molecule has 0 saturated carbocycles. The standard InChI is InChI=1S/C23H22FNO4/c1-27-22-15-18(7-12-21(22)29-16-17-5-3-2-4-6-17)23(26)25-13-14-28-20-10-8-19(24)9-11-20/h2-12,15H,13-14,16H2,1H3,(H,25,26). The maximum Gasteiger partial charge on any atom is 0.251 e. The number of carbonyl (C=O) groups is 1. The summed E-state index contributed by atoms with van der Waals surface area (Å²) >= 11 is 0. The average Bonchev–Trinajstić information content (AvgIpc) is 2.77. The number of ether oxygens (including phenoxy) is 3. The van der Waals surface area contributed by atoms with Crippen molar-refractivity contribution in [1.29, 1.82) is 0 Å². The molecule has 0 unspecified atom stereocenters. The molecular weight excluding hydrogens is 373 g/mol. The Morgan fingerprint density at radius 3 is 2.41 bits per heavy atom. The number of nitrogens with one attached hydrogen (secondary N) is 1. The van der Waals surface area contributed by atoms with Crippen molar-refractivity contribution in [3.8, 4) is 17.2 Å². The third kappa shape index (κ3) is 5.97. The predicted molar refractivity (Wildman–Crippen MR) is 108 cm³/mol. The van der Waals surface area contributed by atoms with Gasteiger partial charge in [-0.05, 0) is 48.0 Å². The minimum atomic E-state index is -0.323. The lowest BCUT2D eigenvalue weighted by atomic mass is 10.2. The van der Waals surface area contributed by atoms with E-state index in [1.54, 1.807) is 18.2 Å². The zero-order valence-electron chi connectivity index (χ0n) is 16.1. The van der Waals surface area contributed by atoms with E-state index < -0.39 is 0 Å². The first-order chi connectivity index (χ1) is 14.2. The summed E-state index contributed by atoms with van der Waals surface area (Å²) in [6.45, 7) is 0.987. The Labute approximate surface area is 169 Å². The molecule has 0 aliphatic heterocycles. The number of amides is 1. The number of rotatable bonds is 9. The van der Waals surface area contributed by atoms with Crippen molar-refractivity contribution < 1.29 is 23.4 Å². The van der Waals surface area contributed by atoms with Gasteiger partial charge in [-0.2, -0.15) is 0 Å². The van der Waals surface area contributed by atoms with Crippen molar-refractivity contribution >= 4 is 5.91 Å². The van der Waals surface area contributed by atoms with Crippen LogP contribution in [0.5, 0.6) is 17.2 Å². The van der Waals surface area contributed by atoms with E-state index in [1.807, 2.05) is 30.3 Å². The molecular formula is C23H22FNO4. The highest BCUT2D eigenvalue weighted by atomic mass is 19.1. The maximum absolute atomic E-state index is 12.9. The molecule has 0 spiro atoms. The Morgan fingerprint density at radius 1 is 0.931 bits per heavy atom. The molecule has 3 aromatic rings. The molecule has 0 radical (unpaired) electrons. The van der Waals surface area contributed by atoms with Crippen LogP contribution < -0.4 is 19.5 Å². The van der Waals surface area contributed by atoms with Crippen LogP contribution in [0.3, 0.4) is 0 Å². The second-order valence-corrected chi connectivity index (χ2v) is 6.20. The molecule has 0 aliphatic carbocycles. The van der Waals surface area contributed by atoms with Gasteiger partial charge >= 0.3 is 0 Å². The summed E-state index contributed by atoms with van der Waals surface area (Å²) in [6, 6.07) is 20.5. The first kappa shape index (κ1) is 20.2. The normalized spacial score (nSPS) is 10.3. The van der Waals surface area contributed by atoms with Crippen LogP contribution in [0.15, 0.2) is 72.8 Å². The maximum atomic E-state index is 12.9. The molecule has 29 heavy (non-hydrogen) atoms. The lowest BCUT2D eigenvalue weighted by molar-refractivity contribution is 0.0946. The van der Waals surface area contributed by atoms with E-state index in [2.05, 4.69) is 5.32 Å². The Morgan fingerprint density at radius 2 is 1.69 bits per heavy atom. The minimum absolute atomic E-state index is 0.249. The Bertz CT molecular complexity index is 929. The van der Waals surface area contributed by atoms with E-state index in [0.717, 1.165) is 5.56 Å². The highest BCUT2D eigenvalue weighted by molar-refractivity contribution is 5.94. The zero-order chi connectivity index (χ0) is 20.5. The number of methoxy groups -OCH3 is 1. The smallest absolute Gasteiger partial charge is 0.251 e. The predicted octanol–water partition coefficient (Wildman–Crippen LogP) is 4.22. The molecule has 1 amide bonds. The molecule has 1 N–H and O–H groups in total. The van der Waals surface area contributed by atoms with Crippen molar-refractivity contribution in [2.24, 2.45) is 0 Å². The Balaban J connectivity index is 1.51. The zero-order valence-corrected chi connectivity index (χ0v) is 16.1. The van der Waals surface area contributed by atoms with Crippen LogP contribution in [0.25, 0.3) is 0 Å². The fourth-order valence-corrected chi connectivity index (χ4v) is 2.63. The van der Waals surface area contributed by atoms with Crippen molar-refractivity contribution in [2.75, 3.05) is 20.3 Å². The number of benzene rings is 3. The van der Waals surface area contributed by atoms with Gasteiger partial charge in [0.25, 0.3) is 5.91 Å². The molecule has 0 fully saturated rings. The topological polar surface area (TPSA) is 56.8 Å². The second-order valence-electron chi connectivity index (χ2n) is 6.20. The van der Waals surface area contributed by atoms with E-state index in [0.29, 0.717) is 36.0 Å². The number of hydrogen-bond acceptors (Lipinski definition) is 4. The highest BCUT2D eigenvalue weighted by Gasteiger charge is 2.11. The van der Waals surface area contributed by atoms with Gasteiger partial charge in [0.1, 0.15) is 24.8 Å². The van der Waals surface area contributed by atoms with Crippen molar-refractivity contribution in [3.63, 3.8) is 0 Å². The number of hydrogen-bond donors (Lipinski definition) is 1. The van der Waals surface area contributed by atoms with Crippen LogP contribution in [-0.2, 0) is 6.61 Å². The lowest BCUT2D eigenvalue weighted by Gasteiger charge is -2.13. The van der Waals surface area contributed by atoms with Crippen molar-refractivity contribution in [1.82, 2.24) is 5.32 Å². The highest BCUT2D eigenvalue weighted by Crippen LogP contribution is 2.28. The van der Waals surface area contributed by atoms with Gasteiger partial charge in [-0.1, -0.05) is 30.3 Å². The summed E-state index contributed by atoms with van der Waals surface area (Å²) in [5, 5.41) is 2.77. The Hall–Kier alpha value is -3.54. The van der Waals surface area contributed by atoms with Crippen molar-refractivity contribution in [2.45, 2.75) is 6.61 Å². The summed E-state index contributed by atoms with van der Waals surface area (Å²) in [7, 11) is 1.53. The van der Waals surface area contributed by atoms with Crippen LogP contribution in [-0.4, -0.2) is 26.2 Å². The largest absolute Gasteiger partial charge is 0.493 e. The van der Waals surface area contributed by atoms with Crippen LogP contribution in [0.2, 0.25) is 0 Å². The summed E-state index contributed by atoms with van der Waals surface area (Å²) < 4.78 is 29.5. The number of carbonyl (C=O) groups excluding carboxylic acids is 1. The third-order valence-corrected chi connectivity index (χ3v) is 4.13. The average molecular weight is 395 g/mol. The van der Waals surface area contributed by atoms with Crippen LogP contribution >= 0.6 is 0 Å². The molecule has 0 atom stereocenters. The molecule has 5 nitrogen and oxygen atoms in total. The van der Waals surface area contributed by atoms with Crippen LogP contribution in [0.4, 0.5) is 4.39 Å². The molecule has 150 valence electrons. The van der Waals surface area contributed by atoms with E-state index in [4.69, 9.17) is 14.2 Å². The third-order valence-electron chi connectivity index (χ3n) is 4.13. The quantitative estimate of drug-likeness (QED) is 0.551. The molecule has 0 aliphatic rings. The first-order valence-corrected chi connectivity index (χ1v) is 9.17. The van der Waals surface area contributed by atoms with Gasteiger partial charge < -0.3 is 19.5 Å². The van der Waals surface area contributed by atoms with Gasteiger partial charge in [0, 0.05) is 5.56 Å². The van der Waals surface area contributed by atoms with Gasteiger partial charge in [0.05, 0.1) is 13.7 Å². The molecule has 0 saturated heterocycles. The fraction of sp³-hybridized carbons (Fsp3) is 0.174. The second kappa shape index (κ2) is 10.1. The molecule has 6 heteroatoms. The summed E-state index contributed by atoms with van der Waals surface area (Å²) in [5.41, 5.74) is 1.49. The SMILES string of the molecule is COc1cc(C(=O)NCCOc2ccc(F)cc2)ccc1OCc1ccccc1. The van der Waals surface area contributed by atoms with Crippen LogP contribution in [0, 0.1) is 5.82 Å². The molecule has 0 bridgehead atoms. The van der Waals surface area contributed by atoms with E-state index >= 15 is 0 Å². The summed E-state index contributed by atoms with van der Waals surface area (Å²) in [4.78, 5) is 12.3. The molecule has 3 rings (SSSR count). The number of halogens is 1. The first-order valence-electron chi connectivity index (χ1n) is 9.17. The van der Waals surface area contributed by atoms with E-state index in [9.17, 15) is 9.18 Å². The van der Waals surface area contributed by atoms with Gasteiger partial charge in [0.15, 0.2) is 11.5 Å². The van der Waals surface area contributed by atoms with Gasteiger partial charge in [-0.3, -0.25) is 4.79 Å². The summed E-state index contributed by atoms with van der Waals surface area (Å²) in [6.07, 6.45) is 0. The summed E-state index contributed by atoms with van der Waals surface area (Å²) in [5.74, 6) is 1.02. The van der Waals surface area contributed by atoms with Gasteiger partial charge in [-0.25, -0.2) is 4.39 Å². The Kier molecular flexibility index (Phi) is 7.05. The lowest BCUT2D eigenvalue weighted by Crippen LogP contribution is -2.28. The molecule has 0 aromatic heterocycles. The van der Waals surface area contributed by atoms with E-state index in [1.165, 1.54) is 31.4 Å².